The summed E-state index contributed by atoms with van der Waals surface area (Å²) in [5.41, 5.74) is 0. The van der Waals surface area contributed by atoms with Gasteiger partial charge in [-0.1, -0.05) is 0 Å². The fourth-order valence-corrected chi connectivity index (χ4v) is 2.66. The molecule has 6 nitrogen and oxygen atoms in total. The Labute approximate surface area is 129 Å². The van der Waals surface area contributed by atoms with Gasteiger partial charge in [0, 0.05) is 23.3 Å². The van der Waals surface area contributed by atoms with Gasteiger partial charge >= 0.3 is 0 Å². The van der Waals surface area contributed by atoms with Crippen molar-refractivity contribution in [2.45, 2.75) is 33.9 Å². The number of aliphatic imine (C=N–C) groups is 1. The average Bonchev–Trinajstić information content (AvgIpc) is 3.01. The molecule has 0 bridgehead atoms. The van der Waals surface area contributed by atoms with E-state index in [0.717, 1.165) is 30.7 Å². The maximum Gasteiger partial charge on any atom is 0.191 e. The molecule has 0 saturated heterocycles. The molecule has 0 fully saturated rings. The van der Waals surface area contributed by atoms with Crippen LogP contribution >= 0.6 is 11.3 Å². The Bertz CT molecular complexity index is 613. The van der Waals surface area contributed by atoms with Crippen LogP contribution in [0.1, 0.15) is 28.3 Å². The van der Waals surface area contributed by atoms with Gasteiger partial charge in [0.1, 0.15) is 12.4 Å². The van der Waals surface area contributed by atoms with Crippen molar-refractivity contribution in [3.63, 3.8) is 0 Å². The topological polar surface area (TPSA) is 67.1 Å². The van der Waals surface area contributed by atoms with Crippen LogP contribution in [-0.2, 0) is 20.1 Å². The van der Waals surface area contributed by atoms with E-state index in [0.29, 0.717) is 6.54 Å². The Hall–Kier alpha value is -1.89. The molecule has 0 spiro atoms. The SMILES string of the molecule is CCNC(=NCc1nnc(C)n1C)NCc1ccc(C)s1. The van der Waals surface area contributed by atoms with Gasteiger partial charge < -0.3 is 15.2 Å². The van der Waals surface area contributed by atoms with Crippen LogP contribution in [0, 0.1) is 13.8 Å². The van der Waals surface area contributed by atoms with Crippen LogP contribution in [0.15, 0.2) is 17.1 Å². The van der Waals surface area contributed by atoms with Gasteiger partial charge in [0.05, 0.1) is 6.54 Å². The first-order valence-electron chi connectivity index (χ1n) is 7.02. The Morgan fingerprint density at radius 3 is 2.67 bits per heavy atom. The monoisotopic (exact) mass is 306 g/mol. The van der Waals surface area contributed by atoms with Gasteiger partial charge in [-0.3, -0.25) is 0 Å². The number of aryl methyl sites for hydroxylation is 2. The minimum atomic E-state index is 0.510. The van der Waals surface area contributed by atoms with Gasteiger partial charge in [0.15, 0.2) is 11.8 Å². The van der Waals surface area contributed by atoms with Gasteiger partial charge in [-0.2, -0.15) is 0 Å². The van der Waals surface area contributed by atoms with E-state index in [-0.39, 0.29) is 0 Å². The second kappa shape index (κ2) is 7.21. The minimum Gasteiger partial charge on any atom is -0.357 e. The molecule has 0 aromatic carbocycles. The van der Waals surface area contributed by atoms with Crippen LogP contribution in [0.4, 0.5) is 0 Å². The third-order valence-electron chi connectivity index (χ3n) is 3.13. The predicted molar refractivity (Wildman–Crippen MR) is 86.5 cm³/mol. The molecule has 0 aliphatic carbocycles. The van der Waals surface area contributed by atoms with Gasteiger partial charge in [-0.05, 0) is 32.9 Å². The zero-order valence-electron chi connectivity index (χ0n) is 13.0. The van der Waals surface area contributed by atoms with Crippen molar-refractivity contribution in [1.29, 1.82) is 0 Å². The smallest absolute Gasteiger partial charge is 0.191 e. The van der Waals surface area contributed by atoms with Crippen molar-refractivity contribution in [2.24, 2.45) is 12.0 Å². The predicted octanol–water partition coefficient (Wildman–Crippen LogP) is 1.75. The van der Waals surface area contributed by atoms with E-state index in [1.165, 1.54) is 9.75 Å². The Kier molecular flexibility index (Phi) is 5.32. The van der Waals surface area contributed by atoms with Crippen molar-refractivity contribution < 1.29 is 0 Å². The third kappa shape index (κ3) is 4.29. The van der Waals surface area contributed by atoms with E-state index in [9.17, 15) is 0 Å². The number of aromatic nitrogens is 3. The maximum atomic E-state index is 4.56. The lowest BCUT2D eigenvalue weighted by molar-refractivity contribution is 0.757. The van der Waals surface area contributed by atoms with Gasteiger partial charge in [0.25, 0.3) is 0 Å². The molecule has 0 atom stereocenters. The average molecular weight is 306 g/mol. The highest BCUT2D eigenvalue weighted by molar-refractivity contribution is 7.11. The van der Waals surface area contributed by atoms with Gasteiger partial charge in [-0.25, -0.2) is 4.99 Å². The van der Waals surface area contributed by atoms with E-state index in [2.05, 4.69) is 51.8 Å². The van der Waals surface area contributed by atoms with E-state index in [1.807, 2.05) is 18.5 Å². The first-order valence-corrected chi connectivity index (χ1v) is 7.84. The summed E-state index contributed by atoms with van der Waals surface area (Å²) in [5.74, 6) is 2.55. The first-order chi connectivity index (χ1) is 10.1. The van der Waals surface area contributed by atoms with Crippen LogP contribution in [0.2, 0.25) is 0 Å². The molecule has 0 aliphatic heterocycles. The number of guanidine groups is 1. The zero-order chi connectivity index (χ0) is 15.2. The summed E-state index contributed by atoms with van der Waals surface area (Å²) in [7, 11) is 1.95. The number of nitrogens with one attached hydrogen (secondary N) is 2. The fourth-order valence-electron chi connectivity index (χ4n) is 1.83. The Balaban J connectivity index is 1.97. The highest BCUT2D eigenvalue weighted by Gasteiger charge is 2.05. The second-order valence-electron chi connectivity index (χ2n) is 4.78. The number of rotatable bonds is 5. The van der Waals surface area contributed by atoms with Crippen molar-refractivity contribution in [1.82, 2.24) is 25.4 Å². The van der Waals surface area contributed by atoms with Crippen LogP contribution in [0.3, 0.4) is 0 Å². The normalized spacial score (nSPS) is 11.7. The molecule has 0 aliphatic rings. The van der Waals surface area contributed by atoms with Crippen LogP contribution < -0.4 is 10.6 Å². The summed E-state index contributed by atoms with van der Waals surface area (Å²) in [4.78, 5) is 7.18. The number of hydrogen-bond donors (Lipinski definition) is 2. The molecule has 21 heavy (non-hydrogen) atoms. The van der Waals surface area contributed by atoms with E-state index >= 15 is 0 Å². The van der Waals surface area contributed by atoms with E-state index < -0.39 is 0 Å². The lowest BCUT2D eigenvalue weighted by Gasteiger charge is -2.10. The fraction of sp³-hybridized carbons (Fsp3) is 0.500. The van der Waals surface area contributed by atoms with Crippen LogP contribution in [0.5, 0.6) is 0 Å². The van der Waals surface area contributed by atoms with Crippen LogP contribution in [-0.4, -0.2) is 27.3 Å². The van der Waals surface area contributed by atoms with Crippen molar-refractivity contribution in [3.05, 3.63) is 33.5 Å². The molecule has 2 aromatic rings. The Morgan fingerprint density at radius 1 is 1.29 bits per heavy atom. The molecule has 0 unspecified atom stereocenters. The summed E-state index contributed by atoms with van der Waals surface area (Å²) in [6, 6.07) is 4.27. The molecular formula is C14H22N6S. The quantitative estimate of drug-likeness (QED) is 0.652. The molecule has 114 valence electrons. The second-order valence-corrected chi connectivity index (χ2v) is 6.16. The molecule has 0 radical (unpaired) electrons. The third-order valence-corrected chi connectivity index (χ3v) is 4.13. The number of thiophene rings is 1. The molecular weight excluding hydrogens is 284 g/mol. The maximum absolute atomic E-state index is 4.56. The summed E-state index contributed by atoms with van der Waals surface area (Å²) in [5, 5.41) is 14.7. The van der Waals surface area contributed by atoms with Gasteiger partial charge in [-0.15, -0.1) is 21.5 Å². The molecule has 2 N–H and O–H groups in total. The lowest BCUT2D eigenvalue weighted by Crippen LogP contribution is -2.36. The minimum absolute atomic E-state index is 0.510. The molecule has 2 heterocycles. The lowest BCUT2D eigenvalue weighted by atomic mass is 10.4. The number of hydrogen-bond acceptors (Lipinski definition) is 4. The molecule has 2 aromatic heterocycles. The summed E-state index contributed by atoms with van der Waals surface area (Å²) < 4.78 is 1.95. The molecule has 7 heteroatoms. The van der Waals surface area contributed by atoms with Crippen molar-refractivity contribution in [3.8, 4) is 0 Å². The molecule has 0 saturated carbocycles. The zero-order valence-corrected chi connectivity index (χ0v) is 13.8. The van der Waals surface area contributed by atoms with E-state index in [1.54, 1.807) is 11.3 Å². The highest BCUT2D eigenvalue weighted by atomic mass is 32.1. The van der Waals surface area contributed by atoms with Crippen molar-refractivity contribution in [2.75, 3.05) is 6.54 Å². The highest BCUT2D eigenvalue weighted by Crippen LogP contribution is 2.14. The largest absolute Gasteiger partial charge is 0.357 e. The Morgan fingerprint density at radius 2 is 2.10 bits per heavy atom. The summed E-state index contributed by atoms with van der Waals surface area (Å²) in [6.45, 7) is 8.22. The number of nitrogens with zero attached hydrogens (tertiary/aromatic N) is 4. The van der Waals surface area contributed by atoms with Gasteiger partial charge in [0.2, 0.25) is 0 Å². The van der Waals surface area contributed by atoms with E-state index in [4.69, 9.17) is 0 Å². The summed E-state index contributed by atoms with van der Waals surface area (Å²) in [6.07, 6.45) is 0. The molecule has 0 amide bonds. The van der Waals surface area contributed by atoms with Crippen LogP contribution in [0.25, 0.3) is 0 Å². The first kappa shape index (κ1) is 15.5. The van der Waals surface area contributed by atoms with Crippen molar-refractivity contribution >= 4 is 17.3 Å². The summed E-state index contributed by atoms with van der Waals surface area (Å²) >= 11 is 1.80. The molecule has 2 rings (SSSR count). The standard InChI is InChI=1S/C14H22N6S/c1-5-15-14(16-8-12-7-6-10(2)21-12)17-9-13-19-18-11(3)20(13)4/h6-7H,5,8-9H2,1-4H3,(H2,15,16,17).